The zero-order valence-electron chi connectivity index (χ0n) is 10.4. The molecule has 0 aromatic heterocycles. The Hall–Kier alpha value is -1.59. The van der Waals surface area contributed by atoms with E-state index in [2.05, 4.69) is 5.32 Å². The first-order valence-electron chi connectivity index (χ1n) is 6.25. The van der Waals surface area contributed by atoms with Crippen molar-refractivity contribution in [3.63, 3.8) is 0 Å². The second-order valence-electron chi connectivity index (χ2n) is 5.25. The maximum Gasteiger partial charge on any atom is 0.329 e. The second kappa shape index (κ2) is 4.59. The Kier molecular flexibility index (Phi) is 3.28. The Labute approximate surface area is 105 Å². The summed E-state index contributed by atoms with van der Waals surface area (Å²) in [6.07, 6.45) is 2.90. The summed E-state index contributed by atoms with van der Waals surface area (Å²) in [6.45, 7) is 2.09. The van der Waals surface area contributed by atoms with Crippen molar-refractivity contribution in [2.75, 3.05) is 13.1 Å². The predicted octanol–water partition coefficient (Wildman–Crippen LogP) is -0.0217. The van der Waals surface area contributed by atoms with Gasteiger partial charge in [0.25, 0.3) is 0 Å². The summed E-state index contributed by atoms with van der Waals surface area (Å²) in [7, 11) is 0. The van der Waals surface area contributed by atoms with Gasteiger partial charge in [0.1, 0.15) is 5.54 Å². The first-order chi connectivity index (χ1) is 8.43. The topological polar surface area (TPSA) is 86.7 Å². The Balaban J connectivity index is 1.93. The molecular formula is C12H18N2O4. The summed E-state index contributed by atoms with van der Waals surface area (Å²) >= 11 is 0. The van der Waals surface area contributed by atoms with Crippen molar-refractivity contribution in [1.29, 1.82) is 0 Å². The lowest BCUT2D eigenvalue weighted by molar-refractivity contribution is -0.148. The molecule has 0 aromatic carbocycles. The highest BCUT2D eigenvalue weighted by atomic mass is 16.4. The molecule has 1 saturated heterocycles. The number of rotatable bonds is 5. The second-order valence-corrected chi connectivity index (χ2v) is 5.25. The number of carboxylic acid groups (broad SMARTS) is 1. The lowest BCUT2D eigenvalue weighted by Gasteiger charge is -2.27. The fraction of sp³-hybridized carbons (Fsp3) is 0.750. The van der Waals surface area contributed by atoms with E-state index in [4.69, 9.17) is 0 Å². The maximum atomic E-state index is 11.8. The van der Waals surface area contributed by atoms with Crippen molar-refractivity contribution in [2.24, 2.45) is 5.92 Å². The zero-order chi connectivity index (χ0) is 13.3. The van der Waals surface area contributed by atoms with Gasteiger partial charge in [0.15, 0.2) is 0 Å². The maximum absolute atomic E-state index is 11.8. The van der Waals surface area contributed by atoms with E-state index in [1.54, 1.807) is 0 Å². The molecule has 2 fully saturated rings. The number of carbonyl (C=O) groups excluding carboxylic acids is 2. The van der Waals surface area contributed by atoms with Crippen LogP contribution in [0.4, 0.5) is 0 Å². The molecule has 1 aliphatic carbocycles. The predicted molar refractivity (Wildman–Crippen MR) is 62.7 cm³/mol. The van der Waals surface area contributed by atoms with Crippen LogP contribution in [0.25, 0.3) is 0 Å². The number of amides is 2. The highest BCUT2D eigenvalue weighted by molar-refractivity contribution is 5.90. The molecule has 1 heterocycles. The molecule has 2 amide bonds. The molecule has 0 radical (unpaired) electrons. The molecule has 2 aliphatic rings. The molecule has 6 nitrogen and oxygen atoms in total. The molecule has 100 valence electrons. The lowest BCUT2D eigenvalue weighted by atomic mass is 9.96. The normalized spacial score (nSPS) is 22.7. The van der Waals surface area contributed by atoms with Gasteiger partial charge in [-0.25, -0.2) is 4.79 Å². The number of carboxylic acids is 1. The van der Waals surface area contributed by atoms with Crippen molar-refractivity contribution < 1.29 is 19.5 Å². The van der Waals surface area contributed by atoms with E-state index < -0.39 is 11.5 Å². The van der Waals surface area contributed by atoms with Crippen LogP contribution in [-0.4, -0.2) is 46.4 Å². The van der Waals surface area contributed by atoms with Gasteiger partial charge in [-0.3, -0.25) is 9.59 Å². The molecule has 1 aliphatic heterocycles. The van der Waals surface area contributed by atoms with Gasteiger partial charge in [0, 0.05) is 13.0 Å². The SMILES string of the molecule is CC(NC(=O)CN1CCCC1=O)(C(=O)O)C1CC1. The van der Waals surface area contributed by atoms with E-state index in [9.17, 15) is 19.5 Å². The van der Waals surface area contributed by atoms with Crippen LogP contribution in [0.5, 0.6) is 0 Å². The number of nitrogens with zero attached hydrogens (tertiary/aromatic N) is 1. The first kappa shape index (κ1) is 12.9. The van der Waals surface area contributed by atoms with Gasteiger partial charge in [-0.05, 0) is 32.1 Å². The fourth-order valence-electron chi connectivity index (χ4n) is 2.36. The summed E-state index contributed by atoms with van der Waals surface area (Å²) in [5.74, 6) is -1.42. The summed E-state index contributed by atoms with van der Waals surface area (Å²) in [4.78, 5) is 35.9. The van der Waals surface area contributed by atoms with Gasteiger partial charge in [-0.1, -0.05) is 0 Å². The average molecular weight is 254 g/mol. The van der Waals surface area contributed by atoms with Crippen LogP contribution >= 0.6 is 0 Å². The molecule has 6 heteroatoms. The molecule has 1 atom stereocenters. The molecule has 0 aromatic rings. The minimum atomic E-state index is -1.19. The van der Waals surface area contributed by atoms with Gasteiger partial charge < -0.3 is 15.3 Å². The van der Waals surface area contributed by atoms with Gasteiger partial charge in [0.2, 0.25) is 11.8 Å². The van der Waals surface area contributed by atoms with E-state index in [-0.39, 0.29) is 24.3 Å². The van der Waals surface area contributed by atoms with Crippen molar-refractivity contribution in [3.8, 4) is 0 Å². The summed E-state index contributed by atoms with van der Waals surface area (Å²) in [5.41, 5.74) is -1.19. The van der Waals surface area contributed by atoms with Gasteiger partial charge in [0.05, 0.1) is 6.54 Å². The Morgan fingerprint density at radius 2 is 2.17 bits per heavy atom. The molecule has 18 heavy (non-hydrogen) atoms. The summed E-state index contributed by atoms with van der Waals surface area (Å²) in [6, 6.07) is 0. The smallest absolute Gasteiger partial charge is 0.329 e. The Morgan fingerprint density at radius 1 is 1.50 bits per heavy atom. The van der Waals surface area contributed by atoms with Crippen LogP contribution in [0.2, 0.25) is 0 Å². The molecule has 2 N–H and O–H groups in total. The molecule has 2 rings (SSSR count). The Bertz CT molecular complexity index is 392. The van der Waals surface area contributed by atoms with Gasteiger partial charge in [-0.2, -0.15) is 0 Å². The van der Waals surface area contributed by atoms with Gasteiger partial charge >= 0.3 is 5.97 Å². The fourth-order valence-corrected chi connectivity index (χ4v) is 2.36. The molecule has 0 bridgehead atoms. The number of hydrogen-bond acceptors (Lipinski definition) is 3. The quantitative estimate of drug-likeness (QED) is 0.721. The van der Waals surface area contributed by atoms with Gasteiger partial charge in [-0.15, -0.1) is 0 Å². The summed E-state index contributed by atoms with van der Waals surface area (Å²) in [5, 5.41) is 11.8. The highest BCUT2D eigenvalue weighted by Gasteiger charge is 2.48. The van der Waals surface area contributed by atoms with Crippen LogP contribution in [0.15, 0.2) is 0 Å². The first-order valence-corrected chi connectivity index (χ1v) is 6.25. The third-order valence-corrected chi connectivity index (χ3v) is 3.74. The lowest BCUT2D eigenvalue weighted by Crippen LogP contribution is -2.56. The van der Waals surface area contributed by atoms with Crippen LogP contribution in [-0.2, 0) is 14.4 Å². The van der Waals surface area contributed by atoms with Crippen LogP contribution < -0.4 is 5.32 Å². The van der Waals surface area contributed by atoms with E-state index in [1.807, 2.05) is 0 Å². The number of likely N-dealkylation sites (tertiary alicyclic amines) is 1. The minimum Gasteiger partial charge on any atom is -0.480 e. The average Bonchev–Trinajstić information content (AvgIpc) is 3.06. The third-order valence-electron chi connectivity index (χ3n) is 3.74. The van der Waals surface area contributed by atoms with Crippen molar-refractivity contribution >= 4 is 17.8 Å². The van der Waals surface area contributed by atoms with E-state index in [1.165, 1.54) is 11.8 Å². The Morgan fingerprint density at radius 3 is 2.61 bits per heavy atom. The monoisotopic (exact) mass is 254 g/mol. The summed E-state index contributed by atoms with van der Waals surface area (Å²) < 4.78 is 0. The van der Waals surface area contributed by atoms with Crippen molar-refractivity contribution in [3.05, 3.63) is 0 Å². The molecular weight excluding hydrogens is 236 g/mol. The van der Waals surface area contributed by atoms with Crippen LogP contribution in [0, 0.1) is 5.92 Å². The van der Waals surface area contributed by atoms with E-state index in [0.717, 1.165) is 19.3 Å². The number of nitrogens with one attached hydrogen (secondary N) is 1. The molecule has 1 saturated carbocycles. The molecule has 1 unspecified atom stereocenters. The van der Waals surface area contributed by atoms with E-state index >= 15 is 0 Å². The van der Waals surface area contributed by atoms with Crippen molar-refractivity contribution in [2.45, 2.75) is 38.1 Å². The number of carbonyl (C=O) groups is 3. The number of hydrogen-bond donors (Lipinski definition) is 2. The van der Waals surface area contributed by atoms with Crippen molar-refractivity contribution in [1.82, 2.24) is 10.2 Å². The third kappa shape index (κ3) is 2.47. The van der Waals surface area contributed by atoms with Crippen LogP contribution in [0.1, 0.15) is 32.6 Å². The van der Waals surface area contributed by atoms with Crippen LogP contribution in [0.3, 0.4) is 0 Å². The number of aliphatic carboxylic acids is 1. The minimum absolute atomic E-state index is 0.00762. The largest absolute Gasteiger partial charge is 0.480 e. The highest BCUT2D eigenvalue weighted by Crippen LogP contribution is 2.39. The van der Waals surface area contributed by atoms with E-state index in [0.29, 0.717) is 13.0 Å². The zero-order valence-corrected chi connectivity index (χ0v) is 10.4. The standard InChI is InChI=1S/C12H18N2O4/c1-12(11(17)18,8-4-5-8)13-9(15)7-14-6-2-3-10(14)16/h8H,2-7H2,1H3,(H,13,15)(H,17,18). The molecule has 0 spiro atoms.